The Morgan fingerprint density at radius 3 is 2.05 bits per heavy atom. The van der Waals surface area contributed by atoms with Gasteiger partial charge in [0.05, 0.1) is 5.60 Å². The van der Waals surface area contributed by atoms with E-state index < -0.39 is 5.60 Å². The Morgan fingerprint density at radius 2 is 1.58 bits per heavy atom. The van der Waals surface area contributed by atoms with Crippen LogP contribution in [0.25, 0.3) is 0 Å². The zero-order valence-corrected chi connectivity index (χ0v) is 13.7. The standard InChI is InChI=1S/C13H21NO.2C2H6/c1-3-4-7-10-13(2,15)11-8-5-6-9-12(11)14;2*1-2/h5-6,8-9,15H,3-4,7,10,14H2,1-2H3;2*1-2H3. The van der Waals surface area contributed by atoms with Crippen molar-refractivity contribution in [2.24, 2.45) is 0 Å². The highest BCUT2D eigenvalue weighted by atomic mass is 16.3. The van der Waals surface area contributed by atoms with E-state index in [4.69, 9.17) is 5.73 Å². The van der Waals surface area contributed by atoms with E-state index >= 15 is 0 Å². The van der Waals surface area contributed by atoms with Crippen LogP contribution in [0.5, 0.6) is 0 Å². The molecule has 1 rings (SSSR count). The zero-order chi connectivity index (χ0) is 15.3. The Balaban J connectivity index is 0. The Morgan fingerprint density at radius 1 is 1.05 bits per heavy atom. The molecule has 0 saturated carbocycles. The minimum absolute atomic E-state index is 0.680. The van der Waals surface area contributed by atoms with Gasteiger partial charge in [-0.1, -0.05) is 72.1 Å². The van der Waals surface area contributed by atoms with Crippen LogP contribution in [-0.4, -0.2) is 5.11 Å². The molecule has 0 saturated heterocycles. The summed E-state index contributed by atoms with van der Waals surface area (Å²) in [7, 11) is 0. The molecule has 1 aromatic carbocycles. The fourth-order valence-electron chi connectivity index (χ4n) is 1.84. The van der Waals surface area contributed by atoms with Crippen LogP contribution in [0, 0.1) is 0 Å². The molecule has 0 radical (unpaired) electrons. The number of para-hydroxylation sites is 1. The molecule has 2 heteroatoms. The maximum Gasteiger partial charge on any atom is 0.0888 e. The van der Waals surface area contributed by atoms with Crippen LogP contribution < -0.4 is 5.73 Å². The van der Waals surface area contributed by atoms with Gasteiger partial charge in [0.25, 0.3) is 0 Å². The first-order valence-electron chi connectivity index (χ1n) is 7.65. The third-order valence-electron chi connectivity index (χ3n) is 2.81. The Bertz CT molecular complexity index is 308. The van der Waals surface area contributed by atoms with E-state index in [0.29, 0.717) is 5.69 Å². The summed E-state index contributed by atoms with van der Waals surface area (Å²) in [5, 5.41) is 10.3. The first-order valence-corrected chi connectivity index (χ1v) is 7.65. The maximum absolute atomic E-state index is 10.3. The van der Waals surface area contributed by atoms with Gasteiger partial charge in [-0.2, -0.15) is 0 Å². The average Bonchev–Trinajstić information content (AvgIpc) is 2.44. The molecule has 0 spiro atoms. The molecular formula is C17H33NO. The van der Waals surface area contributed by atoms with Gasteiger partial charge in [0.2, 0.25) is 0 Å². The molecule has 0 aliphatic carbocycles. The largest absolute Gasteiger partial charge is 0.398 e. The van der Waals surface area contributed by atoms with E-state index in [1.165, 1.54) is 6.42 Å². The van der Waals surface area contributed by atoms with E-state index in [-0.39, 0.29) is 0 Å². The number of anilines is 1. The van der Waals surface area contributed by atoms with Crippen molar-refractivity contribution in [3.8, 4) is 0 Å². The normalized spacial score (nSPS) is 12.4. The lowest BCUT2D eigenvalue weighted by atomic mass is 9.89. The van der Waals surface area contributed by atoms with Gasteiger partial charge < -0.3 is 10.8 Å². The van der Waals surface area contributed by atoms with Crippen molar-refractivity contribution in [2.75, 3.05) is 5.73 Å². The van der Waals surface area contributed by atoms with Gasteiger partial charge >= 0.3 is 0 Å². The predicted molar refractivity (Wildman–Crippen MR) is 87.3 cm³/mol. The molecule has 112 valence electrons. The number of rotatable bonds is 5. The molecule has 19 heavy (non-hydrogen) atoms. The number of unbranched alkanes of at least 4 members (excludes halogenated alkanes) is 2. The summed E-state index contributed by atoms with van der Waals surface area (Å²) in [4.78, 5) is 0. The van der Waals surface area contributed by atoms with E-state index in [1.54, 1.807) is 0 Å². The summed E-state index contributed by atoms with van der Waals surface area (Å²) in [6, 6.07) is 7.55. The predicted octanol–water partition coefficient (Wildman–Crippen LogP) is 5.11. The molecule has 2 nitrogen and oxygen atoms in total. The van der Waals surface area contributed by atoms with Crippen molar-refractivity contribution in [1.82, 2.24) is 0 Å². The molecular weight excluding hydrogens is 234 g/mol. The molecule has 3 N–H and O–H groups in total. The van der Waals surface area contributed by atoms with Gasteiger partial charge in [-0.3, -0.25) is 0 Å². The van der Waals surface area contributed by atoms with Crippen LogP contribution in [0.2, 0.25) is 0 Å². The second-order valence-corrected chi connectivity index (χ2v) is 4.32. The van der Waals surface area contributed by atoms with Crippen molar-refractivity contribution in [3.63, 3.8) is 0 Å². The number of aliphatic hydroxyl groups is 1. The lowest BCUT2D eigenvalue weighted by molar-refractivity contribution is 0.0457. The zero-order valence-electron chi connectivity index (χ0n) is 13.7. The summed E-state index contributed by atoms with van der Waals surface area (Å²) < 4.78 is 0. The van der Waals surface area contributed by atoms with E-state index in [9.17, 15) is 5.11 Å². The van der Waals surface area contributed by atoms with Gasteiger partial charge in [0.15, 0.2) is 0 Å². The van der Waals surface area contributed by atoms with Crippen molar-refractivity contribution in [2.45, 2.75) is 72.8 Å². The SMILES string of the molecule is CC.CC.CCCCCC(C)(O)c1ccccc1N. The minimum atomic E-state index is -0.791. The molecule has 1 aromatic rings. The molecule has 1 unspecified atom stereocenters. The Kier molecular flexibility index (Phi) is 12.9. The fraction of sp³-hybridized carbons (Fsp3) is 0.647. The maximum atomic E-state index is 10.3. The van der Waals surface area contributed by atoms with Crippen molar-refractivity contribution in [3.05, 3.63) is 29.8 Å². The van der Waals surface area contributed by atoms with Crippen molar-refractivity contribution < 1.29 is 5.11 Å². The van der Waals surface area contributed by atoms with Crippen LogP contribution >= 0.6 is 0 Å². The van der Waals surface area contributed by atoms with Crippen LogP contribution in [0.15, 0.2) is 24.3 Å². The first-order chi connectivity index (χ1) is 9.08. The van der Waals surface area contributed by atoms with Crippen LogP contribution in [-0.2, 0) is 5.60 Å². The highest BCUT2D eigenvalue weighted by molar-refractivity contribution is 5.49. The molecule has 0 aliphatic heterocycles. The van der Waals surface area contributed by atoms with Gasteiger partial charge in [0.1, 0.15) is 0 Å². The third kappa shape index (κ3) is 7.89. The van der Waals surface area contributed by atoms with Crippen molar-refractivity contribution in [1.29, 1.82) is 0 Å². The van der Waals surface area contributed by atoms with Crippen molar-refractivity contribution >= 4 is 5.69 Å². The topological polar surface area (TPSA) is 46.2 Å². The molecule has 0 heterocycles. The Labute approximate surface area is 120 Å². The van der Waals surface area contributed by atoms with E-state index in [2.05, 4.69) is 6.92 Å². The smallest absolute Gasteiger partial charge is 0.0888 e. The number of nitrogen functional groups attached to an aromatic ring is 1. The van der Waals surface area contributed by atoms with Crippen LogP contribution in [0.1, 0.15) is 72.8 Å². The molecule has 0 fully saturated rings. The second-order valence-electron chi connectivity index (χ2n) is 4.32. The lowest BCUT2D eigenvalue weighted by Crippen LogP contribution is -2.22. The van der Waals surface area contributed by atoms with E-state index in [0.717, 1.165) is 24.8 Å². The Hall–Kier alpha value is -1.02. The summed E-state index contributed by atoms with van der Waals surface area (Å²) in [5.74, 6) is 0. The molecule has 0 amide bonds. The summed E-state index contributed by atoms with van der Waals surface area (Å²) >= 11 is 0. The van der Waals surface area contributed by atoms with Gasteiger partial charge in [-0.25, -0.2) is 0 Å². The number of benzene rings is 1. The van der Waals surface area contributed by atoms with Gasteiger partial charge in [-0.15, -0.1) is 0 Å². The van der Waals surface area contributed by atoms with E-state index in [1.807, 2.05) is 58.9 Å². The number of nitrogens with two attached hydrogens (primary N) is 1. The molecule has 0 aliphatic rings. The molecule has 1 atom stereocenters. The fourth-order valence-corrected chi connectivity index (χ4v) is 1.84. The summed E-state index contributed by atoms with van der Waals surface area (Å²) in [5.41, 5.74) is 6.59. The monoisotopic (exact) mass is 267 g/mol. The summed E-state index contributed by atoms with van der Waals surface area (Å²) in [6.45, 7) is 12.0. The number of hydrogen-bond acceptors (Lipinski definition) is 2. The van der Waals surface area contributed by atoms with Crippen LogP contribution in [0.3, 0.4) is 0 Å². The minimum Gasteiger partial charge on any atom is -0.398 e. The highest BCUT2D eigenvalue weighted by Crippen LogP contribution is 2.30. The highest BCUT2D eigenvalue weighted by Gasteiger charge is 2.24. The van der Waals surface area contributed by atoms with Crippen LogP contribution in [0.4, 0.5) is 5.69 Å². The lowest BCUT2D eigenvalue weighted by Gasteiger charge is -2.25. The molecule has 0 bridgehead atoms. The third-order valence-corrected chi connectivity index (χ3v) is 2.81. The first kappa shape index (κ1) is 20.3. The van der Waals surface area contributed by atoms with Gasteiger partial charge in [-0.05, 0) is 19.4 Å². The van der Waals surface area contributed by atoms with Gasteiger partial charge in [0, 0.05) is 11.3 Å². The quantitative estimate of drug-likeness (QED) is 0.575. The number of hydrogen-bond donors (Lipinski definition) is 2. The second kappa shape index (κ2) is 12.0. The summed E-state index contributed by atoms with van der Waals surface area (Å²) in [6.07, 6.45) is 4.14. The average molecular weight is 267 g/mol. The molecule has 0 aromatic heterocycles.